The SMILES string of the molecule is COC1=CC=C(c2nc(-c3c(C)[nH]c4ccccc34)[nH]c2-c2ccc(OC)cc2)CC1. The van der Waals surface area contributed by atoms with E-state index in [1.54, 1.807) is 14.2 Å². The number of fused-ring (bicyclic) bond motifs is 1. The van der Waals surface area contributed by atoms with E-state index >= 15 is 0 Å². The van der Waals surface area contributed by atoms with Gasteiger partial charge in [0.05, 0.1) is 31.4 Å². The zero-order chi connectivity index (χ0) is 21.4. The second-order valence-electron chi connectivity index (χ2n) is 7.74. The van der Waals surface area contributed by atoms with Crippen molar-refractivity contribution in [2.24, 2.45) is 0 Å². The summed E-state index contributed by atoms with van der Waals surface area (Å²) in [6, 6.07) is 16.4. The molecule has 5 nitrogen and oxygen atoms in total. The summed E-state index contributed by atoms with van der Waals surface area (Å²) in [7, 11) is 3.40. The van der Waals surface area contributed by atoms with Gasteiger partial charge in [0.1, 0.15) is 11.6 Å². The van der Waals surface area contributed by atoms with Crippen molar-refractivity contribution < 1.29 is 9.47 Å². The normalized spacial score (nSPS) is 13.8. The lowest BCUT2D eigenvalue weighted by Gasteiger charge is -2.13. The number of nitrogens with one attached hydrogen (secondary N) is 2. The number of imidazole rings is 1. The first-order chi connectivity index (χ1) is 15.2. The Morgan fingerprint density at radius 3 is 2.39 bits per heavy atom. The third-order valence-electron chi connectivity index (χ3n) is 5.89. The Labute approximate surface area is 181 Å². The number of allylic oxidation sites excluding steroid dienone is 4. The van der Waals surface area contributed by atoms with Gasteiger partial charge in [0.25, 0.3) is 0 Å². The second-order valence-corrected chi connectivity index (χ2v) is 7.74. The Morgan fingerprint density at radius 1 is 0.871 bits per heavy atom. The molecule has 0 spiro atoms. The van der Waals surface area contributed by atoms with E-state index < -0.39 is 0 Å². The van der Waals surface area contributed by atoms with E-state index in [0.29, 0.717) is 0 Å². The molecule has 4 aromatic rings. The fourth-order valence-corrected chi connectivity index (χ4v) is 4.26. The highest BCUT2D eigenvalue weighted by atomic mass is 16.5. The van der Waals surface area contributed by atoms with E-state index in [1.165, 1.54) is 11.0 Å². The predicted octanol–water partition coefficient (Wildman–Crippen LogP) is 6.25. The third-order valence-corrected chi connectivity index (χ3v) is 5.89. The molecule has 2 heterocycles. The van der Waals surface area contributed by atoms with E-state index in [0.717, 1.165) is 63.9 Å². The van der Waals surface area contributed by atoms with Gasteiger partial charge in [0, 0.05) is 34.1 Å². The lowest BCUT2D eigenvalue weighted by molar-refractivity contribution is 0.277. The highest BCUT2D eigenvalue weighted by Gasteiger charge is 2.21. The van der Waals surface area contributed by atoms with Crippen molar-refractivity contribution in [3.05, 3.63) is 77.8 Å². The Hall–Kier alpha value is -3.73. The van der Waals surface area contributed by atoms with Gasteiger partial charge >= 0.3 is 0 Å². The Balaban J connectivity index is 1.69. The number of aryl methyl sites for hydroxylation is 1. The van der Waals surface area contributed by atoms with Crippen LogP contribution in [0, 0.1) is 6.92 Å². The van der Waals surface area contributed by atoms with Crippen molar-refractivity contribution in [1.29, 1.82) is 0 Å². The van der Waals surface area contributed by atoms with Crippen LogP contribution in [0.3, 0.4) is 0 Å². The molecule has 1 aliphatic rings. The molecule has 31 heavy (non-hydrogen) atoms. The van der Waals surface area contributed by atoms with Crippen LogP contribution in [-0.2, 0) is 4.74 Å². The van der Waals surface area contributed by atoms with Gasteiger partial charge in [0.2, 0.25) is 0 Å². The van der Waals surface area contributed by atoms with Crippen LogP contribution in [0.2, 0.25) is 0 Å². The molecule has 0 unspecified atom stereocenters. The summed E-state index contributed by atoms with van der Waals surface area (Å²) < 4.78 is 10.8. The lowest BCUT2D eigenvalue weighted by atomic mass is 9.97. The molecular weight excluding hydrogens is 386 g/mol. The lowest BCUT2D eigenvalue weighted by Crippen LogP contribution is -1.97. The molecule has 2 N–H and O–H groups in total. The number of para-hydroxylation sites is 1. The summed E-state index contributed by atoms with van der Waals surface area (Å²) in [4.78, 5) is 12.2. The molecule has 0 saturated carbocycles. The molecular formula is C26H25N3O2. The van der Waals surface area contributed by atoms with Gasteiger partial charge in [-0.1, -0.05) is 24.3 Å². The van der Waals surface area contributed by atoms with Crippen LogP contribution in [0.15, 0.2) is 66.4 Å². The average Bonchev–Trinajstić information content (AvgIpc) is 3.39. The van der Waals surface area contributed by atoms with Gasteiger partial charge in [-0.3, -0.25) is 0 Å². The second kappa shape index (κ2) is 7.84. The number of benzene rings is 2. The topological polar surface area (TPSA) is 62.9 Å². The van der Waals surface area contributed by atoms with Gasteiger partial charge in [-0.25, -0.2) is 4.98 Å². The van der Waals surface area contributed by atoms with Gasteiger partial charge < -0.3 is 19.4 Å². The van der Waals surface area contributed by atoms with Crippen LogP contribution in [0.25, 0.3) is 39.1 Å². The van der Waals surface area contributed by atoms with Crippen LogP contribution < -0.4 is 4.74 Å². The van der Waals surface area contributed by atoms with Crippen LogP contribution in [0.4, 0.5) is 0 Å². The van der Waals surface area contributed by atoms with E-state index in [9.17, 15) is 0 Å². The van der Waals surface area contributed by atoms with Crippen molar-refractivity contribution in [3.8, 4) is 28.4 Å². The van der Waals surface area contributed by atoms with E-state index in [2.05, 4.69) is 53.3 Å². The first kappa shape index (κ1) is 19.2. The minimum atomic E-state index is 0.835. The molecule has 5 rings (SSSR count). The standard InChI is InChI=1S/C26H25N3O2/c1-16-23(21-6-4-5-7-22(21)27-16)26-28-24(17-8-12-19(30-2)13-9-17)25(29-26)18-10-14-20(31-3)15-11-18/h4-10,12-14,27H,11,15H2,1-3H3,(H,28,29). The molecule has 0 atom stereocenters. The average molecular weight is 412 g/mol. The van der Waals surface area contributed by atoms with Crippen molar-refractivity contribution in [2.75, 3.05) is 14.2 Å². The number of nitrogens with zero attached hydrogens (tertiary/aromatic N) is 1. The summed E-state index contributed by atoms with van der Waals surface area (Å²) in [5.74, 6) is 2.71. The molecule has 2 aromatic carbocycles. The van der Waals surface area contributed by atoms with Crippen LogP contribution >= 0.6 is 0 Å². The number of rotatable bonds is 5. The predicted molar refractivity (Wildman–Crippen MR) is 125 cm³/mol. The largest absolute Gasteiger partial charge is 0.501 e. The molecule has 1 aliphatic carbocycles. The van der Waals surface area contributed by atoms with Crippen molar-refractivity contribution in [3.63, 3.8) is 0 Å². The zero-order valence-corrected chi connectivity index (χ0v) is 18.0. The van der Waals surface area contributed by atoms with E-state index in [1.807, 2.05) is 24.3 Å². The maximum atomic E-state index is 5.41. The van der Waals surface area contributed by atoms with Crippen LogP contribution in [0.5, 0.6) is 5.75 Å². The molecule has 0 bridgehead atoms. The van der Waals surface area contributed by atoms with Gasteiger partial charge in [-0.05, 0) is 55.3 Å². The molecule has 5 heteroatoms. The highest BCUT2D eigenvalue weighted by molar-refractivity contribution is 5.96. The Bertz CT molecular complexity index is 1310. The Kier molecular flexibility index (Phi) is 4.86. The fraction of sp³-hybridized carbons (Fsp3) is 0.192. The molecule has 0 fully saturated rings. The summed E-state index contributed by atoms with van der Waals surface area (Å²) in [6.45, 7) is 2.10. The zero-order valence-electron chi connectivity index (χ0n) is 18.0. The van der Waals surface area contributed by atoms with E-state index in [4.69, 9.17) is 14.5 Å². The highest BCUT2D eigenvalue weighted by Crippen LogP contribution is 2.38. The number of ether oxygens (including phenoxy) is 2. The molecule has 0 amide bonds. The molecule has 2 aromatic heterocycles. The molecule has 0 saturated heterocycles. The summed E-state index contributed by atoms with van der Waals surface area (Å²) in [5.41, 5.74) is 7.60. The first-order valence-electron chi connectivity index (χ1n) is 10.4. The maximum Gasteiger partial charge on any atom is 0.140 e. The maximum absolute atomic E-state index is 5.41. The van der Waals surface area contributed by atoms with Gasteiger partial charge in [0.15, 0.2) is 0 Å². The molecule has 156 valence electrons. The van der Waals surface area contributed by atoms with Crippen molar-refractivity contribution in [2.45, 2.75) is 19.8 Å². The quantitative estimate of drug-likeness (QED) is 0.408. The number of aromatic amines is 2. The number of aromatic nitrogens is 3. The number of methoxy groups -OCH3 is 2. The third kappa shape index (κ3) is 3.42. The van der Waals surface area contributed by atoms with Gasteiger partial charge in [-0.2, -0.15) is 0 Å². The number of H-pyrrole nitrogens is 2. The van der Waals surface area contributed by atoms with Crippen molar-refractivity contribution in [1.82, 2.24) is 15.0 Å². The summed E-state index contributed by atoms with van der Waals surface area (Å²) in [6.07, 6.45) is 5.93. The summed E-state index contributed by atoms with van der Waals surface area (Å²) in [5, 5.41) is 1.17. The van der Waals surface area contributed by atoms with E-state index in [-0.39, 0.29) is 0 Å². The fourth-order valence-electron chi connectivity index (χ4n) is 4.26. The van der Waals surface area contributed by atoms with Crippen LogP contribution in [0.1, 0.15) is 24.2 Å². The smallest absolute Gasteiger partial charge is 0.140 e. The Morgan fingerprint density at radius 2 is 1.68 bits per heavy atom. The minimum Gasteiger partial charge on any atom is -0.501 e. The first-order valence-corrected chi connectivity index (χ1v) is 10.4. The number of hydrogen-bond donors (Lipinski definition) is 2. The monoisotopic (exact) mass is 411 g/mol. The van der Waals surface area contributed by atoms with Crippen LogP contribution in [-0.4, -0.2) is 29.2 Å². The van der Waals surface area contributed by atoms with Crippen molar-refractivity contribution >= 4 is 16.5 Å². The number of hydrogen-bond acceptors (Lipinski definition) is 3. The summed E-state index contributed by atoms with van der Waals surface area (Å²) >= 11 is 0. The molecule has 0 radical (unpaired) electrons. The minimum absolute atomic E-state index is 0.835. The molecule has 0 aliphatic heterocycles. The van der Waals surface area contributed by atoms with Gasteiger partial charge in [-0.15, -0.1) is 0 Å².